The summed E-state index contributed by atoms with van der Waals surface area (Å²) < 4.78 is 0. The Morgan fingerprint density at radius 3 is 2.43 bits per heavy atom. The van der Waals surface area contributed by atoms with Crippen LogP contribution in [0.15, 0.2) is 48.5 Å². The van der Waals surface area contributed by atoms with Crippen molar-refractivity contribution in [2.24, 2.45) is 0 Å². The van der Waals surface area contributed by atoms with Crippen molar-refractivity contribution in [3.8, 4) is 0 Å². The number of nitro benzene ring substituents is 1. The van der Waals surface area contributed by atoms with Gasteiger partial charge in [0.2, 0.25) is 0 Å². The second kappa shape index (κ2) is 9.78. The Morgan fingerprint density at radius 1 is 1.11 bits per heavy atom. The lowest BCUT2D eigenvalue weighted by Gasteiger charge is -2.35. The van der Waals surface area contributed by atoms with Crippen LogP contribution < -0.4 is 5.32 Å². The molecule has 1 atom stereocenters. The molecule has 1 aliphatic heterocycles. The summed E-state index contributed by atoms with van der Waals surface area (Å²) in [4.78, 5) is 25.1. The minimum Gasteiger partial charge on any atom is -0.308 e. The molecule has 0 aromatic heterocycles. The Hall–Kier alpha value is -2.28. The van der Waals surface area contributed by atoms with Crippen LogP contribution in [0.2, 0.25) is 5.02 Å². The number of rotatable bonds is 8. The van der Waals surface area contributed by atoms with Gasteiger partial charge in [0, 0.05) is 35.3 Å². The second-order valence-electron chi connectivity index (χ2n) is 6.99. The van der Waals surface area contributed by atoms with Crippen molar-refractivity contribution >= 4 is 23.1 Å². The summed E-state index contributed by atoms with van der Waals surface area (Å²) in [6.45, 7) is 2.83. The maximum absolute atomic E-state index is 12.4. The Kier molecular flexibility index (Phi) is 7.14. The third-order valence-electron chi connectivity index (χ3n) is 5.12. The zero-order chi connectivity index (χ0) is 19.9. The van der Waals surface area contributed by atoms with Crippen molar-refractivity contribution in [3.05, 3.63) is 74.8 Å². The summed E-state index contributed by atoms with van der Waals surface area (Å²) in [5, 5.41) is 14.7. The van der Waals surface area contributed by atoms with E-state index in [-0.39, 0.29) is 24.1 Å². The molecule has 148 valence electrons. The van der Waals surface area contributed by atoms with Crippen LogP contribution in [0.3, 0.4) is 0 Å². The van der Waals surface area contributed by atoms with E-state index in [9.17, 15) is 14.9 Å². The van der Waals surface area contributed by atoms with Gasteiger partial charge in [-0.1, -0.05) is 36.2 Å². The molecule has 1 unspecified atom stereocenters. The Morgan fingerprint density at radius 2 is 1.79 bits per heavy atom. The molecular formula is C21H24ClN3O3. The van der Waals surface area contributed by atoms with Crippen LogP contribution in [0.5, 0.6) is 0 Å². The zero-order valence-corrected chi connectivity index (χ0v) is 16.4. The minimum atomic E-state index is -0.473. The van der Waals surface area contributed by atoms with Crippen molar-refractivity contribution in [2.75, 3.05) is 26.2 Å². The lowest BCUT2D eigenvalue weighted by molar-refractivity contribution is -0.384. The predicted molar refractivity (Wildman–Crippen MR) is 110 cm³/mol. The molecule has 0 amide bonds. The van der Waals surface area contributed by atoms with Crippen LogP contribution in [-0.4, -0.2) is 41.8 Å². The number of hydrogen-bond donors (Lipinski definition) is 1. The van der Waals surface area contributed by atoms with Crippen molar-refractivity contribution in [1.82, 2.24) is 10.2 Å². The highest BCUT2D eigenvalue weighted by molar-refractivity contribution is 6.31. The van der Waals surface area contributed by atoms with Crippen LogP contribution in [0, 0.1) is 10.1 Å². The molecule has 3 rings (SSSR count). The SMILES string of the molecule is O=C(CNCC(c1ccccc1Cl)N1CCCCC1)c1ccc([N+](=O)[O-])cc1. The molecule has 0 aliphatic carbocycles. The molecule has 7 heteroatoms. The quantitative estimate of drug-likeness (QED) is 0.406. The monoisotopic (exact) mass is 401 g/mol. The number of nitro groups is 1. The van der Waals surface area contributed by atoms with Gasteiger partial charge < -0.3 is 5.32 Å². The Bertz CT molecular complexity index is 820. The van der Waals surface area contributed by atoms with Crippen LogP contribution in [0.1, 0.15) is 41.2 Å². The molecule has 1 fully saturated rings. The van der Waals surface area contributed by atoms with Crippen LogP contribution in [0.25, 0.3) is 0 Å². The molecule has 1 aliphatic rings. The van der Waals surface area contributed by atoms with Gasteiger partial charge >= 0.3 is 0 Å². The van der Waals surface area contributed by atoms with E-state index in [1.807, 2.05) is 24.3 Å². The van der Waals surface area contributed by atoms with E-state index in [0.717, 1.165) is 23.7 Å². The number of likely N-dealkylation sites (tertiary alicyclic amines) is 1. The Labute approximate surface area is 169 Å². The number of benzene rings is 2. The fraction of sp³-hybridized carbons (Fsp3) is 0.381. The third kappa shape index (κ3) is 5.16. The molecule has 0 radical (unpaired) electrons. The molecule has 0 bridgehead atoms. The summed E-state index contributed by atoms with van der Waals surface area (Å²) in [5.74, 6) is -0.0912. The second-order valence-corrected chi connectivity index (χ2v) is 7.40. The van der Waals surface area contributed by atoms with Gasteiger partial charge in [-0.05, 0) is 49.7 Å². The van der Waals surface area contributed by atoms with Crippen molar-refractivity contribution in [3.63, 3.8) is 0 Å². The normalized spacial score (nSPS) is 15.9. The molecular weight excluding hydrogens is 378 g/mol. The summed E-state index contributed by atoms with van der Waals surface area (Å²) in [7, 11) is 0. The van der Waals surface area contributed by atoms with E-state index in [0.29, 0.717) is 12.1 Å². The van der Waals surface area contributed by atoms with Gasteiger partial charge in [-0.2, -0.15) is 0 Å². The van der Waals surface area contributed by atoms with Crippen LogP contribution >= 0.6 is 11.6 Å². The molecule has 0 spiro atoms. The summed E-state index contributed by atoms with van der Waals surface area (Å²) in [6, 6.07) is 13.7. The number of carbonyl (C=O) groups is 1. The fourth-order valence-electron chi connectivity index (χ4n) is 3.60. The lowest BCUT2D eigenvalue weighted by Crippen LogP contribution is -2.40. The van der Waals surface area contributed by atoms with Crippen molar-refractivity contribution in [1.29, 1.82) is 0 Å². The molecule has 1 N–H and O–H groups in total. The Balaban J connectivity index is 1.64. The van der Waals surface area contributed by atoms with Crippen LogP contribution in [-0.2, 0) is 0 Å². The van der Waals surface area contributed by atoms with Gasteiger partial charge in [-0.25, -0.2) is 0 Å². The van der Waals surface area contributed by atoms with Crippen molar-refractivity contribution < 1.29 is 9.72 Å². The fourth-order valence-corrected chi connectivity index (χ4v) is 3.87. The largest absolute Gasteiger partial charge is 0.308 e. The van der Waals surface area contributed by atoms with E-state index in [2.05, 4.69) is 10.2 Å². The highest BCUT2D eigenvalue weighted by atomic mass is 35.5. The zero-order valence-electron chi connectivity index (χ0n) is 15.6. The average Bonchev–Trinajstić information content (AvgIpc) is 2.72. The van der Waals surface area contributed by atoms with E-state index in [1.54, 1.807) is 0 Å². The number of nitrogens with zero attached hydrogens (tertiary/aromatic N) is 2. The molecule has 1 saturated heterocycles. The number of halogens is 1. The maximum Gasteiger partial charge on any atom is 0.269 e. The number of piperidine rings is 1. The first kappa shape index (κ1) is 20.5. The van der Waals surface area contributed by atoms with E-state index >= 15 is 0 Å². The van der Waals surface area contributed by atoms with E-state index < -0.39 is 4.92 Å². The van der Waals surface area contributed by atoms with Crippen LogP contribution in [0.4, 0.5) is 5.69 Å². The first-order chi connectivity index (χ1) is 13.6. The van der Waals surface area contributed by atoms with E-state index in [1.165, 1.54) is 43.5 Å². The van der Waals surface area contributed by atoms with Gasteiger partial charge in [-0.3, -0.25) is 19.8 Å². The molecule has 6 nitrogen and oxygen atoms in total. The van der Waals surface area contributed by atoms with Gasteiger partial charge in [0.25, 0.3) is 5.69 Å². The number of non-ortho nitro benzene ring substituents is 1. The highest BCUT2D eigenvalue weighted by Crippen LogP contribution is 2.29. The summed E-state index contributed by atoms with van der Waals surface area (Å²) >= 11 is 6.44. The average molecular weight is 402 g/mol. The number of Topliss-reactive ketones (excluding diaryl/α,β-unsaturated/α-hetero) is 1. The number of carbonyl (C=O) groups excluding carboxylic acids is 1. The van der Waals surface area contributed by atoms with Gasteiger partial charge in [0.15, 0.2) is 5.78 Å². The van der Waals surface area contributed by atoms with Gasteiger partial charge in [-0.15, -0.1) is 0 Å². The highest BCUT2D eigenvalue weighted by Gasteiger charge is 2.24. The van der Waals surface area contributed by atoms with E-state index in [4.69, 9.17) is 11.6 Å². The van der Waals surface area contributed by atoms with Crippen molar-refractivity contribution in [2.45, 2.75) is 25.3 Å². The molecule has 28 heavy (non-hydrogen) atoms. The molecule has 2 aromatic rings. The number of nitrogens with one attached hydrogen (secondary N) is 1. The molecule has 2 aromatic carbocycles. The lowest BCUT2D eigenvalue weighted by atomic mass is 10.0. The molecule has 0 saturated carbocycles. The first-order valence-corrected chi connectivity index (χ1v) is 9.91. The summed E-state index contributed by atoms with van der Waals surface area (Å²) in [6.07, 6.45) is 3.59. The molecule has 1 heterocycles. The maximum atomic E-state index is 12.4. The smallest absolute Gasteiger partial charge is 0.269 e. The summed E-state index contributed by atoms with van der Waals surface area (Å²) in [5.41, 5.74) is 1.51. The number of ketones is 1. The first-order valence-electron chi connectivity index (χ1n) is 9.53. The topological polar surface area (TPSA) is 75.5 Å². The standard InChI is InChI=1S/C21H24ClN3O3/c22-19-7-3-2-6-18(19)20(24-12-4-1-5-13-24)14-23-15-21(26)16-8-10-17(11-9-16)25(27)28/h2-3,6-11,20,23H,1,4-5,12-15H2. The minimum absolute atomic E-state index is 0.0200. The van der Waals surface area contributed by atoms with Gasteiger partial charge in [0.1, 0.15) is 0 Å². The van der Waals surface area contributed by atoms with Gasteiger partial charge in [0.05, 0.1) is 11.5 Å². The predicted octanol–water partition coefficient (Wildman–Crippen LogP) is 4.25. The third-order valence-corrected chi connectivity index (χ3v) is 5.46. The number of hydrogen-bond acceptors (Lipinski definition) is 5.